The van der Waals surface area contributed by atoms with Crippen molar-refractivity contribution in [1.29, 1.82) is 0 Å². The van der Waals surface area contributed by atoms with Crippen LogP contribution in [0.25, 0.3) is 0 Å². The minimum Gasteiger partial charge on any atom is -0.496 e. The molecule has 0 saturated carbocycles. The summed E-state index contributed by atoms with van der Waals surface area (Å²) in [5.41, 5.74) is 3.94. The number of rotatable bonds is 4. The molecule has 72 valence electrons. The topological polar surface area (TPSA) is 35.1 Å². The minimum absolute atomic E-state index is 0.924. The predicted octanol–water partition coefficient (Wildman–Crippen LogP) is 1.01. The number of benzene rings is 1. The molecule has 13 heavy (non-hydrogen) atoms. The average molecular weight is 182 g/mol. The molecule has 0 aliphatic heterocycles. The fraction of sp³-hybridized carbons (Fsp3) is 0.400. The van der Waals surface area contributed by atoms with E-state index in [9.17, 15) is 0 Å². The smallest absolute Gasteiger partial charge is 0.165 e. The lowest BCUT2D eigenvalue weighted by molar-refractivity contribution is -0.830. The number of quaternary nitrogens is 1. The molecule has 1 rings (SSSR count). The number of hydrogen-bond acceptors (Lipinski definition) is 2. The van der Waals surface area contributed by atoms with Gasteiger partial charge in [-0.1, -0.05) is 6.92 Å². The molecule has 0 atom stereocenters. The molecule has 1 aromatic rings. The Labute approximate surface area is 78.6 Å². The summed E-state index contributed by atoms with van der Waals surface area (Å²) in [6.07, 6.45) is 0.983. The highest BCUT2D eigenvalue weighted by molar-refractivity contribution is 5.43. The summed E-state index contributed by atoms with van der Waals surface area (Å²) in [5, 5.41) is 0. The monoisotopic (exact) mass is 182 g/mol. The van der Waals surface area contributed by atoms with E-state index in [-0.39, 0.29) is 0 Å². The highest BCUT2D eigenvalue weighted by Crippen LogP contribution is 2.20. The molecule has 0 radical (unpaired) electrons. The fourth-order valence-corrected chi connectivity index (χ4v) is 1.26. The molecule has 0 aliphatic rings. The second-order valence-electron chi connectivity index (χ2n) is 2.78. The van der Waals surface area contributed by atoms with E-state index in [4.69, 9.17) is 9.57 Å². The van der Waals surface area contributed by atoms with Crippen LogP contribution in [0.3, 0.4) is 0 Å². The lowest BCUT2D eigenvalue weighted by Gasteiger charge is -2.06. The number of hydrogen-bond donors (Lipinski definition) is 1. The maximum absolute atomic E-state index is 5.25. The van der Waals surface area contributed by atoms with Crippen LogP contribution in [0.2, 0.25) is 0 Å². The fourth-order valence-electron chi connectivity index (χ4n) is 1.26. The van der Waals surface area contributed by atoms with E-state index in [2.05, 4.69) is 13.0 Å². The summed E-state index contributed by atoms with van der Waals surface area (Å²) >= 11 is 0. The van der Waals surface area contributed by atoms with Gasteiger partial charge in [0.25, 0.3) is 0 Å². The Kier molecular flexibility index (Phi) is 3.73. The molecule has 2 N–H and O–H groups in total. The molecule has 0 bridgehead atoms. The van der Waals surface area contributed by atoms with Crippen molar-refractivity contribution in [3.63, 3.8) is 0 Å². The summed E-state index contributed by atoms with van der Waals surface area (Å²) < 4.78 is 5.25. The van der Waals surface area contributed by atoms with Crippen molar-refractivity contribution >= 4 is 5.69 Å². The molecular weight excluding hydrogens is 166 g/mol. The lowest BCUT2D eigenvalue weighted by Crippen LogP contribution is -2.75. The van der Waals surface area contributed by atoms with Gasteiger partial charge in [-0.3, -0.25) is 0 Å². The molecule has 0 aromatic heterocycles. The third kappa shape index (κ3) is 2.44. The van der Waals surface area contributed by atoms with E-state index in [1.54, 1.807) is 19.7 Å². The summed E-state index contributed by atoms with van der Waals surface area (Å²) in [6.45, 7) is 2.11. The van der Waals surface area contributed by atoms with Crippen molar-refractivity contribution in [3.05, 3.63) is 23.8 Å². The van der Waals surface area contributed by atoms with Gasteiger partial charge in [0, 0.05) is 12.1 Å². The SMILES string of the molecule is CCc1ccc([NH2+]OC)cc1OC. The van der Waals surface area contributed by atoms with Gasteiger partial charge < -0.3 is 4.74 Å². The second-order valence-corrected chi connectivity index (χ2v) is 2.78. The van der Waals surface area contributed by atoms with Crippen LogP contribution in [0.15, 0.2) is 18.2 Å². The number of methoxy groups -OCH3 is 1. The van der Waals surface area contributed by atoms with Crippen molar-refractivity contribution in [2.75, 3.05) is 14.2 Å². The van der Waals surface area contributed by atoms with Gasteiger partial charge in [0.15, 0.2) is 5.69 Å². The summed E-state index contributed by atoms with van der Waals surface area (Å²) in [4.78, 5) is 4.92. The molecule has 0 spiro atoms. The molecule has 3 nitrogen and oxygen atoms in total. The van der Waals surface area contributed by atoms with Crippen LogP contribution < -0.4 is 10.2 Å². The van der Waals surface area contributed by atoms with Gasteiger partial charge in [-0.25, -0.2) is 4.84 Å². The van der Waals surface area contributed by atoms with Crippen LogP contribution in [0.1, 0.15) is 12.5 Å². The molecule has 0 amide bonds. The van der Waals surface area contributed by atoms with E-state index in [0.29, 0.717) is 0 Å². The Hall–Kier alpha value is -1.06. The molecule has 0 saturated heterocycles. The van der Waals surface area contributed by atoms with Crippen LogP contribution in [0, 0.1) is 0 Å². The van der Waals surface area contributed by atoms with Gasteiger partial charge in [-0.05, 0) is 18.1 Å². The number of nitrogens with two attached hydrogens (primary N) is 1. The van der Waals surface area contributed by atoms with Crippen molar-refractivity contribution < 1.29 is 15.1 Å². The standard InChI is InChI=1S/C10H15NO2/c1-4-8-5-6-9(11-13-3)7-10(8)12-2/h5-7,11H,4H2,1-3H3/p+1. The van der Waals surface area contributed by atoms with Gasteiger partial charge in [0.2, 0.25) is 0 Å². The maximum Gasteiger partial charge on any atom is 0.165 e. The first kappa shape index (κ1) is 10.0. The first-order chi connectivity index (χ1) is 6.31. The largest absolute Gasteiger partial charge is 0.496 e. The molecular formula is C10H16NO2+. The van der Waals surface area contributed by atoms with Gasteiger partial charge in [0.1, 0.15) is 5.75 Å². The van der Waals surface area contributed by atoms with Gasteiger partial charge in [-0.15, -0.1) is 0 Å². The zero-order chi connectivity index (χ0) is 9.68. The summed E-state index contributed by atoms with van der Waals surface area (Å²) in [7, 11) is 3.32. The lowest BCUT2D eigenvalue weighted by atomic mass is 10.1. The number of ether oxygens (including phenoxy) is 1. The zero-order valence-corrected chi connectivity index (χ0v) is 8.33. The predicted molar refractivity (Wildman–Crippen MR) is 51.0 cm³/mol. The zero-order valence-electron chi connectivity index (χ0n) is 8.33. The molecule has 0 unspecified atom stereocenters. The highest BCUT2D eigenvalue weighted by atomic mass is 16.6. The average Bonchev–Trinajstić information content (AvgIpc) is 2.18. The summed E-state index contributed by atoms with van der Waals surface area (Å²) in [6, 6.07) is 6.05. The van der Waals surface area contributed by atoms with Gasteiger partial charge >= 0.3 is 0 Å². The van der Waals surface area contributed by atoms with Crippen LogP contribution >= 0.6 is 0 Å². The molecule has 0 heterocycles. The number of aryl methyl sites for hydroxylation is 1. The van der Waals surface area contributed by atoms with Crippen LogP contribution in [0.5, 0.6) is 5.75 Å². The highest BCUT2D eigenvalue weighted by Gasteiger charge is 2.04. The Morgan fingerprint density at radius 1 is 1.31 bits per heavy atom. The third-order valence-electron chi connectivity index (χ3n) is 1.95. The van der Waals surface area contributed by atoms with E-state index in [1.165, 1.54) is 5.56 Å². The van der Waals surface area contributed by atoms with Gasteiger partial charge in [-0.2, -0.15) is 5.48 Å². The molecule has 1 aromatic carbocycles. The third-order valence-corrected chi connectivity index (χ3v) is 1.95. The van der Waals surface area contributed by atoms with Crippen LogP contribution in [0.4, 0.5) is 5.69 Å². The quantitative estimate of drug-likeness (QED) is 0.557. The normalized spacial score (nSPS) is 10.1. The Bertz CT molecular complexity index is 274. The van der Waals surface area contributed by atoms with E-state index < -0.39 is 0 Å². The first-order valence-corrected chi connectivity index (χ1v) is 4.34. The second kappa shape index (κ2) is 4.84. The molecule has 0 fully saturated rings. The van der Waals surface area contributed by atoms with Crippen molar-refractivity contribution in [1.82, 2.24) is 0 Å². The van der Waals surface area contributed by atoms with E-state index in [0.717, 1.165) is 17.9 Å². The van der Waals surface area contributed by atoms with Crippen molar-refractivity contribution in [2.45, 2.75) is 13.3 Å². The van der Waals surface area contributed by atoms with Crippen molar-refractivity contribution in [3.8, 4) is 5.75 Å². The van der Waals surface area contributed by atoms with Crippen molar-refractivity contribution in [2.24, 2.45) is 0 Å². The van der Waals surface area contributed by atoms with Gasteiger partial charge in [0.05, 0.1) is 14.2 Å². The van der Waals surface area contributed by atoms with E-state index >= 15 is 0 Å². The van der Waals surface area contributed by atoms with Crippen LogP contribution in [-0.2, 0) is 11.3 Å². The molecule has 0 aliphatic carbocycles. The minimum atomic E-state index is 0.924. The van der Waals surface area contributed by atoms with E-state index in [1.807, 2.05) is 12.1 Å². The summed E-state index contributed by atoms with van der Waals surface area (Å²) in [5.74, 6) is 0.924. The maximum atomic E-state index is 5.25. The first-order valence-electron chi connectivity index (χ1n) is 4.34. The van der Waals surface area contributed by atoms with Crippen LogP contribution in [-0.4, -0.2) is 14.2 Å². The Morgan fingerprint density at radius 3 is 2.62 bits per heavy atom. The molecule has 3 heteroatoms. The Balaban J connectivity index is 2.91. The Morgan fingerprint density at radius 2 is 2.08 bits per heavy atom.